The van der Waals surface area contributed by atoms with Gasteiger partial charge in [0.05, 0.1) is 10.7 Å². The fourth-order valence-electron chi connectivity index (χ4n) is 4.86. The van der Waals surface area contributed by atoms with E-state index >= 15 is 0 Å². The second-order valence-electron chi connectivity index (χ2n) is 7.96. The van der Waals surface area contributed by atoms with E-state index in [0.717, 1.165) is 28.7 Å². The predicted octanol–water partition coefficient (Wildman–Crippen LogP) is 4.30. The minimum absolute atomic E-state index is 0.0168. The van der Waals surface area contributed by atoms with Crippen LogP contribution in [0.15, 0.2) is 54.7 Å². The highest BCUT2D eigenvalue weighted by atomic mass is 32.1. The van der Waals surface area contributed by atoms with Crippen molar-refractivity contribution in [1.82, 2.24) is 9.27 Å². The molecule has 0 unspecified atom stereocenters. The van der Waals surface area contributed by atoms with Crippen LogP contribution in [0.4, 0.5) is 0 Å². The SMILES string of the molecule is O=C1N2[C@@H](CC[C@H]2c2ccccc2)OC12CC(Oc1ccc3sncc3c1)C2. The van der Waals surface area contributed by atoms with Gasteiger partial charge < -0.3 is 14.4 Å². The number of aromatic nitrogens is 1. The molecule has 3 heterocycles. The average molecular weight is 392 g/mol. The largest absolute Gasteiger partial charge is 0.490 e. The van der Waals surface area contributed by atoms with Crippen molar-refractivity contribution in [2.75, 3.05) is 0 Å². The van der Waals surface area contributed by atoms with Crippen LogP contribution in [0.1, 0.15) is 37.3 Å². The molecule has 0 bridgehead atoms. The molecule has 2 atom stereocenters. The minimum atomic E-state index is -0.684. The number of fused-ring (bicyclic) bond motifs is 2. The highest BCUT2D eigenvalue weighted by molar-refractivity contribution is 7.13. The van der Waals surface area contributed by atoms with Crippen LogP contribution in [0.3, 0.4) is 0 Å². The summed E-state index contributed by atoms with van der Waals surface area (Å²) in [6.07, 6.45) is 4.90. The van der Waals surface area contributed by atoms with E-state index in [4.69, 9.17) is 9.47 Å². The molecule has 5 nitrogen and oxygen atoms in total. The maximum atomic E-state index is 13.3. The summed E-state index contributed by atoms with van der Waals surface area (Å²) in [5, 5.41) is 1.09. The van der Waals surface area contributed by atoms with Crippen molar-refractivity contribution < 1.29 is 14.3 Å². The van der Waals surface area contributed by atoms with Crippen LogP contribution in [0, 0.1) is 0 Å². The van der Waals surface area contributed by atoms with Gasteiger partial charge >= 0.3 is 0 Å². The lowest BCUT2D eigenvalue weighted by molar-refractivity contribution is -0.162. The molecule has 0 N–H and O–H groups in total. The summed E-state index contributed by atoms with van der Waals surface area (Å²) in [4.78, 5) is 15.2. The summed E-state index contributed by atoms with van der Waals surface area (Å²) in [5.41, 5.74) is 0.514. The molecule has 28 heavy (non-hydrogen) atoms. The number of rotatable bonds is 3. The third kappa shape index (κ3) is 2.41. The molecule has 1 aromatic heterocycles. The van der Waals surface area contributed by atoms with E-state index in [-0.39, 0.29) is 24.3 Å². The van der Waals surface area contributed by atoms with Gasteiger partial charge in [-0.05, 0) is 48.1 Å². The van der Waals surface area contributed by atoms with E-state index in [2.05, 4.69) is 16.5 Å². The third-order valence-electron chi connectivity index (χ3n) is 6.24. The molecule has 3 aliphatic rings. The van der Waals surface area contributed by atoms with Crippen LogP contribution in [-0.4, -0.2) is 33.1 Å². The zero-order valence-corrected chi connectivity index (χ0v) is 16.1. The molecule has 2 saturated heterocycles. The topological polar surface area (TPSA) is 51.7 Å². The highest BCUT2D eigenvalue weighted by Crippen LogP contribution is 2.51. The van der Waals surface area contributed by atoms with Crippen molar-refractivity contribution in [2.24, 2.45) is 0 Å². The van der Waals surface area contributed by atoms with E-state index in [9.17, 15) is 4.79 Å². The second kappa shape index (κ2) is 6.03. The first kappa shape index (κ1) is 16.5. The Morgan fingerprint density at radius 2 is 2.00 bits per heavy atom. The summed E-state index contributed by atoms with van der Waals surface area (Å²) in [5.74, 6) is 0.974. The molecule has 6 rings (SSSR count). The molecule has 3 fully saturated rings. The minimum Gasteiger partial charge on any atom is -0.490 e. The van der Waals surface area contributed by atoms with Crippen molar-refractivity contribution in [3.63, 3.8) is 0 Å². The Labute approximate surface area is 167 Å². The Morgan fingerprint density at radius 3 is 2.86 bits per heavy atom. The number of hydrogen-bond acceptors (Lipinski definition) is 5. The van der Waals surface area contributed by atoms with Crippen molar-refractivity contribution in [3.8, 4) is 5.75 Å². The third-order valence-corrected chi connectivity index (χ3v) is 7.02. The lowest BCUT2D eigenvalue weighted by Crippen LogP contribution is -2.55. The van der Waals surface area contributed by atoms with Crippen molar-refractivity contribution in [3.05, 3.63) is 60.3 Å². The Kier molecular flexibility index (Phi) is 3.55. The summed E-state index contributed by atoms with van der Waals surface area (Å²) < 4.78 is 17.8. The van der Waals surface area contributed by atoms with Gasteiger partial charge in [0, 0.05) is 24.4 Å². The first-order valence-electron chi connectivity index (χ1n) is 9.78. The maximum Gasteiger partial charge on any atom is 0.257 e. The maximum absolute atomic E-state index is 13.3. The summed E-state index contributed by atoms with van der Waals surface area (Å²) in [6, 6.07) is 16.5. The van der Waals surface area contributed by atoms with Crippen molar-refractivity contribution >= 4 is 27.5 Å². The van der Waals surface area contributed by atoms with Crippen LogP contribution in [-0.2, 0) is 9.53 Å². The Balaban J connectivity index is 1.17. The molecule has 2 aromatic carbocycles. The van der Waals surface area contributed by atoms with Gasteiger partial charge in [0.15, 0.2) is 5.60 Å². The molecule has 3 aromatic rings. The van der Waals surface area contributed by atoms with Gasteiger partial charge in [0.1, 0.15) is 18.1 Å². The Morgan fingerprint density at radius 1 is 1.14 bits per heavy atom. The molecule has 142 valence electrons. The molecule has 1 aliphatic carbocycles. The number of carbonyl (C=O) groups is 1. The number of nitrogens with zero attached hydrogens (tertiary/aromatic N) is 2. The smallest absolute Gasteiger partial charge is 0.257 e. The number of carbonyl (C=O) groups excluding carboxylic acids is 1. The molecule has 6 heteroatoms. The van der Waals surface area contributed by atoms with Gasteiger partial charge in [-0.3, -0.25) is 4.79 Å². The van der Waals surface area contributed by atoms with Crippen molar-refractivity contribution in [1.29, 1.82) is 0 Å². The van der Waals surface area contributed by atoms with Crippen LogP contribution >= 0.6 is 11.5 Å². The number of ether oxygens (including phenoxy) is 2. The van der Waals surface area contributed by atoms with Crippen LogP contribution in [0.5, 0.6) is 5.75 Å². The van der Waals surface area contributed by atoms with Crippen molar-refractivity contribution in [2.45, 2.75) is 49.7 Å². The van der Waals surface area contributed by atoms with Crippen LogP contribution < -0.4 is 4.74 Å². The molecule has 1 spiro atoms. The van der Waals surface area contributed by atoms with E-state index in [1.165, 1.54) is 17.1 Å². The van der Waals surface area contributed by atoms with E-state index < -0.39 is 5.60 Å². The Bertz CT molecular complexity index is 1040. The molecule has 0 radical (unpaired) electrons. The predicted molar refractivity (Wildman–Crippen MR) is 106 cm³/mol. The second-order valence-corrected chi connectivity index (χ2v) is 8.79. The number of amides is 1. The first-order chi connectivity index (χ1) is 13.7. The molecule has 2 aliphatic heterocycles. The Hall–Kier alpha value is -2.44. The van der Waals surface area contributed by atoms with Gasteiger partial charge in [-0.1, -0.05) is 30.3 Å². The summed E-state index contributed by atoms with van der Waals surface area (Å²) in [7, 11) is 0. The number of benzene rings is 2. The molecule has 1 saturated carbocycles. The lowest BCUT2D eigenvalue weighted by atomic mass is 9.76. The molecular formula is C22H20N2O3S. The lowest BCUT2D eigenvalue weighted by Gasteiger charge is -2.42. The average Bonchev–Trinajstić information content (AvgIpc) is 3.38. The standard InChI is InChI=1S/C22H20N2O3S/c25-21-22(27-20-9-7-18(24(20)21)14-4-2-1-3-5-14)11-17(12-22)26-16-6-8-19-15(10-16)13-23-28-19/h1-6,8,10,13,17-18,20H,7,9,11-12H2/t17?,18-,20+,22?/m0/s1. The van der Waals surface area contributed by atoms with E-state index in [0.29, 0.717) is 12.8 Å². The normalized spacial score (nSPS) is 31.4. The fraction of sp³-hybridized carbons (Fsp3) is 0.364. The van der Waals surface area contributed by atoms with E-state index in [1.807, 2.05) is 47.5 Å². The zero-order chi connectivity index (χ0) is 18.7. The number of hydrogen-bond donors (Lipinski definition) is 0. The summed E-state index contributed by atoms with van der Waals surface area (Å²) in [6.45, 7) is 0. The van der Waals surface area contributed by atoms with Gasteiger partial charge in [-0.2, -0.15) is 4.37 Å². The van der Waals surface area contributed by atoms with Gasteiger partial charge in [-0.25, -0.2) is 0 Å². The quantitative estimate of drug-likeness (QED) is 0.667. The zero-order valence-electron chi connectivity index (χ0n) is 15.3. The fourth-order valence-corrected chi connectivity index (χ4v) is 5.49. The molecule has 1 amide bonds. The highest BCUT2D eigenvalue weighted by Gasteiger charge is 2.63. The van der Waals surface area contributed by atoms with Gasteiger partial charge in [0.2, 0.25) is 0 Å². The van der Waals surface area contributed by atoms with Gasteiger partial charge in [0.25, 0.3) is 5.91 Å². The van der Waals surface area contributed by atoms with E-state index in [1.54, 1.807) is 0 Å². The summed E-state index contributed by atoms with van der Waals surface area (Å²) >= 11 is 1.48. The monoisotopic (exact) mass is 392 g/mol. The molecular weight excluding hydrogens is 372 g/mol. The van der Waals surface area contributed by atoms with Gasteiger partial charge in [-0.15, -0.1) is 0 Å². The van der Waals surface area contributed by atoms with Crippen LogP contribution in [0.25, 0.3) is 10.1 Å². The first-order valence-corrected chi connectivity index (χ1v) is 10.6. The van der Waals surface area contributed by atoms with Crippen LogP contribution in [0.2, 0.25) is 0 Å².